The van der Waals surface area contributed by atoms with E-state index in [1.54, 1.807) is 7.11 Å². The van der Waals surface area contributed by atoms with E-state index >= 15 is 0 Å². The fourth-order valence-electron chi connectivity index (χ4n) is 2.90. The smallest absolute Gasteiger partial charge is 0.0737 e. The predicted molar refractivity (Wildman–Crippen MR) is 72.6 cm³/mol. The number of hydrogen-bond donors (Lipinski definition) is 1. The molecule has 0 amide bonds. The van der Waals surface area contributed by atoms with Crippen LogP contribution in [-0.4, -0.2) is 23.9 Å². The van der Waals surface area contributed by atoms with Crippen molar-refractivity contribution in [2.75, 3.05) is 7.11 Å². The first-order valence-electron chi connectivity index (χ1n) is 6.42. The summed E-state index contributed by atoms with van der Waals surface area (Å²) in [6, 6.07) is 14.6. The molecule has 2 aromatic carbocycles. The van der Waals surface area contributed by atoms with Crippen LogP contribution in [0.4, 0.5) is 0 Å². The van der Waals surface area contributed by atoms with Gasteiger partial charge in [0.05, 0.1) is 11.7 Å². The lowest BCUT2D eigenvalue weighted by Crippen LogP contribution is -2.49. The van der Waals surface area contributed by atoms with Gasteiger partial charge in [-0.1, -0.05) is 42.5 Å². The number of hydrogen-bond acceptors (Lipinski definition) is 2. The molecular weight excluding hydrogens is 224 g/mol. The molecule has 1 aliphatic carbocycles. The van der Waals surface area contributed by atoms with Gasteiger partial charge in [-0.05, 0) is 16.3 Å². The summed E-state index contributed by atoms with van der Waals surface area (Å²) in [7, 11) is 1.71. The molecule has 1 N–H and O–H groups in total. The van der Waals surface area contributed by atoms with Crippen LogP contribution in [0.5, 0.6) is 0 Å². The van der Waals surface area contributed by atoms with Crippen molar-refractivity contribution >= 4 is 10.8 Å². The zero-order chi connectivity index (χ0) is 12.6. The molecule has 1 fully saturated rings. The molecule has 0 radical (unpaired) electrons. The highest BCUT2D eigenvalue weighted by molar-refractivity contribution is 5.85. The van der Waals surface area contributed by atoms with E-state index in [2.05, 4.69) is 36.4 Å². The largest absolute Gasteiger partial charge is 0.389 e. The van der Waals surface area contributed by atoms with Gasteiger partial charge >= 0.3 is 0 Å². The summed E-state index contributed by atoms with van der Waals surface area (Å²) >= 11 is 0. The van der Waals surface area contributed by atoms with E-state index in [-0.39, 0.29) is 6.10 Å². The quantitative estimate of drug-likeness (QED) is 0.896. The van der Waals surface area contributed by atoms with E-state index in [0.29, 0.717) is 6.42 Å². The van der Waals surface area contributed by atoms with Gasteiger partial charge in [0.25, 0.3) is 0 Å². The third-order valence-electron chi connectivity index (χ3n) is 3.95. The fraction of sp³-hybridized carbons (Fsp3) is 0.375. The maximum Gasteiger partial charge on any atom is 0.0737 e. The number of benzene rings is 2. The minimum absolute atomic E-state index is 0.227. The Morgan fingerprint density at radius 1 is 1.17 bits per heavy atom. The van der Waals surface area contributed by atoms with Gasteiger partial charge < -0.3 is 9.84 Å². The molecule has 0 bridgehead atoms. The Morgan fingerprint density at radius 3 is 2.67 bits per heavy atom. The van der Waals surface area contributed by atoms with Crippen LogP contribution in [-0.2, 0) is 11.2 Å². The highest BCUT2D eigenvalue weighted by atomic mass is 16.5. The first-order chi connectivity index (χ1) is 8.70. The summed E-state index contributed by atoms with van der Waals surface area (Å²) in [6.45, 7) is 0. The lowest BCUT2D eigenvalue weighted by atomic mass is 9.73. The van der Waals surface area contributed by atoms with Crippen molar-refractivity contribution in [3.63, 3.8) is 0 Å². The second kappa shape index (κ2) is 4.38. The maximum atomic E-state index is 10.4. The first kappa shape index (κ1) is 11.7. The molecule has 3 rings (SSSR count). The van der Waals surface area contributed by atoms with E-state index in [9.17, 15) is 5.11 Å². The molecule has 0 spiro atoms. The molecule has 0 saturated heterocycles. The van der Waals surface area contributed by atoms with Gasteiger partial charge in [0.1, 0.15) is 0 Å². The first-order valence-corrected chi connectivity index (χ1v) is 6.42. The summed E-state index contributed by atoms with van der Waals surface area (Å²) in [5, 5.41) is 12.9. The molecule has 94 valence electrons. The Bertz CT molecular complexity index is 551. The summed E-state index contributed by atoms with van der Waals surface area (Å²) in [5.74, 6) is 0. The SMILES string of the molecule is COC1CC(O)(Cc2cccc3ccccc23)C1. The number of methoxy groups -OCH3 is 1. The third kappa shape index (κ3) is 2.02. The zero-order valence-electron chi connectivity index (χ0n) is 10.6. The van der Waals surface area contributed by atoms with Gasteiger partial charge in [0.15, 0.2) is 0 Å². The topological polar surface area (TPSA) is 29.5 Å². The second-order valence-corrected chi connectivity index (χ2v) is 5.31. The van der Waals surface area contributed by atoms with Crippen LogP contribution in [0.1, 0.15) is 18.4 Å². The van der Waals surface area contributed by atoms with Crippen LogP contribution in [0, 0.1) is 0 Å². The Labute approximate surface area is 107 Å². The Balaban J connectivity index is 1.87. The number of fused-ring (bicyclic) bond motifs is 1. The van der Waals surface area contributed by atoms with Gasteiger partial charge in [-0.15, -0.1) is 0 Å². The monoisotopic (exact) mass is 242 g/mol. The van der Waals surface area contributed by atoms with Crippen LogP contribution in [0.3, 0.4) is 0 Å². The maximum absolute atomic E-state index is 10.4. The van der Waals surface area contributed by atoms with Crippen LogP contribution in [0.2, 0.25) is 0 Å². The number of rotatable bonds is 3. The predicted octanol–water partition coefficient (Wildman–Crippen LogP) is 2.92. The van der Waals surface area contributed by atoms with Crippen molar-refractivity contribution in [2.24, 2.45) is 0 Å². The van der Waals surface area contributed by atoms with Gasteiger partial charge in [-0.25, -0.2) is 0 Å². The molecule has 18 heavy (non-hydrogen) atoms. The lowest BCUT2D eigenvalue weighted by Gasteiger charge is -2.43. The van der Waals surface area contributed by atoms with E-state index in [1.807, 2.05) is 6.07 Å². The van der Waals surface area contributed by atoms with Gasteiger partial charge in [0, 0.05) is 26.4 Å². The Morgan fingerprint density at radius 2 is 1.89 bits per heavy atom. The number of aliphatic hydroxyl groups is 1. The van der Waals surface area contributed by atoms with Gasteiger partial charge in [0.2, 0.25) is 0 Å². The zero-order valence-corrected chi connectivity index (χ0v) is 10.6. The fourth-order valence-corrected chi connectivity index (χ4v) is 2.90. The second-order valence-electron chi connectivity index (χ2n) is 5.31. The summed E-state index contributed by atoms with van der Waals surface area (Å²) in [6.07, 6.45) is 2.43. The van der Waals surface area contributed by atoms with Crippen molar-refractivity contribution in [2.45, 2.75) is 31.0 Å². The molecule has 0 unspecified atom stereocenters. The molecule has 0 atom stereocenters. The Kier molecular flexibility index (Phi) is 2.84. The molecule has 0 heterocycles. The molecular formula is C16H18O2. The Hall–Kier alpha value is -1.38. The van der Waals surface area contributed by atoms with Crippen molar-refractivity contribution in [1.29, 1.82) is 0 Å². The highest BCUT2D eigenvalue weighted by Crippen LogP contribution is 2.38. The van der Waals surface area contributed by atoms with Crippen LogP contribution < -0.4 is 0 Å². The van der Waals surface area contributed by atoms with E-state index in [1.165, 1.54) is 16.3 Å². The standard InChI is InChI=1S/C16H18O2/c1-18-14-10-16(17,11-14)9-13-7-4-6-12-5-2-3-8-15(12)13/h2-8,14,17H,9-11H2,1H3. The van der Waals surface area contributed by atoms with Crippen molar-refractivity contribution in [3.05, 3.63) is 48.0 Å². The normalized spacial score (nSPS) is 27.1. The molecule has 2 nitrogen and oxygen atoms in total. The molecule has 0 aromatic heterocycles. The molecule has 1 aliphatic rings. The van der Waals surface area contributed by atoms with Crippen molar-refractivity contribution < 1.29 is 9.84 Å². The van der Waals surface area contributed by atoms with Gasteiger partial charge in [-0.2, -0.15) is 0 Å². The summed E-state index contributed by atoms with van der Waals surface area (Å²) in [4.78, 5) is 0. The van der Waals surface area contributed by atoms with Crippen LogP contribution >= 0.6 is 0 Å². The summed E-state index contributed by atoms with van der Waals surface area (Å²) in [5.41, 5.74) is 0.648. The molecule has 0 aliphatic heterocycles. The van der Waals surface area contributed by atoms with Crippen molar-refractivity contribution in [1.82, 2.24) is 0 Å². The molecule has 2 heteroatoms. The minimum atomic E-state index is -0.579. The van der Waals surface area contributed by atoms with Crippen LogP contribution in [0.25, 0.3) is 10.8 Å². The summed E-state index contributed by atoms with van der Waals surface area (Å²) < 4.78 is 5.25. The number of ether oxygens (including phenoxy) is 1. The van der Waals surface area contributed by atoms with E-state index < -0.39 is 5.60 Å². The third-order valence-corrected chi connectivity index (χ3v) is 3.95. The van der Waals surface area contributed by atoms with E-state index in [4.69, 9.17) is 4.74 Å². The average molecular weight is 242 g/mol. The van der Waals surface area contributed by atoms with E-state index in [0.717, 1.165) is 12.8 Å². The molecule has 1 saturated carbocycles. The lowest BCUT2D eigenvalue weighted by molar-refractivity contribution is -0.126. The highest BCUT2D eigenvalue weighted by Gasteiger charge is 2.42. The molecule has 2 aromatic rings. The van der Waals surface area contributed by atoms with Crippen molar-refractivity contribution in [3.8, 4) is 0 Å². The minimum Gasteiger partial charge on any atom is -0.389 e. The van der Waals surface area contributed by atoms with Crippen LogP contribution in [0.15, 0.2) is 42.5 Å². The average Bonchev–Trinajstić information content (AvgIpc) is 2.36. The van der Waals surface area contributed by atoms with Gasteiger partial charge in [-0.3, -0.25) is 0 Å².